The van der Waals surface area contributed by atoms with Crippen molar-refractivity contribution in [3.63, 3.8) is 0 Å². The van der Waals surface area contributed by atoms with Crippen molar-refractivity contribution in [1.29, 1.82) is 5.41 Å². The molecule has 3 N–H and O–H groups in total. The van der Waals surface area contributed by atoms with Crippen molar-refractivity contribution < 1.29 is 4.39 Å². The van der Waals surface area contributed by atoms with Gasteiger partial charge in [-0.15, -0.1) is 0 Å². The van der Waals surface area contributed by atoms with Crippen molar-refractivity contribution in [2.45, 2.75) is 6.54 Å². The van der Waals surface area contributed by atoms with Crippen molar-refractivity contribution >= 4 is 27.5 Å². The van der Waals surface area contributed by atoms with Crippen LogP contribution >= 0.6 is 15.9 Å². The fourth-order valence-electron chi connectivity index (χ4n) is 1.98. The number of nitrogens with one attached hydrogen (secondary N) is 1. The number of nitrogens with two attached hydrogens (primary N) is 1. The van der Waals surface area contributed by atoms with Crippen LogP contribution in [0.25, 0.3) is 0 Å². The van der Waals surface area contributed by atoms with E-state index < -0.39 is 5.82 Å². The molecule has 2 aromatic rings. The molecular weight excluding hydrogens is 321 g/mol. The fourth-order valence-corrected chi connectivity index (χ4v) is 2.53. The molecule has 0 saturated heterocycles. The van der Waals surface area contributed by atoms with E-state index in [0.29, 0.717) is 17.8 Å². The van der Waals surface area contributed by atoms with Crippen molar-refractivity contribution in [2.75, 3.05) is 11.9 Å². The van der Waals surface area contributed by atoms with Gasteiger partial charge in [0.2, 0.25) is 0 Å². The second kappa shape index (κ2) is 6.05. The molecule has 0 spiro atoms. The third-order valence-corrected chi connectivity index (χ3v) is 3.80. The van der Waals surface area contributed by atoms with Crippen LogP contribution in [0, 0.1) is 11.2 Å². The van der Waals surface area contributed by atoms with Crippen LogP contribution in [0.2, 0.25) is 0 Å². The minimum Gasteiger partial charge on any atom is -0.384 e. The summed E-state index contributed by atoms with van der Waals surface area (Å²) in [7, 11) is 1.82. The molecule has 0 fully saturated rings. The minimum absolute atomic E-state index is 0.159. The molecule has 0 radical (unpaired) electrons. The smallest absolute Gasteiger partial charge is 0.161 e. The van der Waals surface area contributed by atoms with E-state index in [9.17, 15) is 4.39 Å². The van der Waals surface area contributed by atoms with Crippen LogP contribution in [0.15, 0.2) is 46.9 Å². The molecule has 0 aliphatic heterocycles. The number of hydrogen-bond acceptors (Lipinski definition) is 2. The highest BCUT2D eigenvalue weighted by molar-refractivity contribution is 9.10. The van der Waals surface area contributed by atoms with Gasteiger partial charge >= 0.3 is 0 Å². The van der Waals surface area contributed by atoms with Crippen molar-refractivity contribution in [3.05, 3.63) is 63.9 Å². The Kier molecular flexibility index (Phi) is 4.39. The topological polar surface area (TPSA) is 53.1 Å². The Balaban J connectivity index is 2.29. The van der Waals surface area contributed by atoms with Gasteiger partial charge in [-0.05, 0) is 33.6 Å². The maximum Gasteiger partial charge on any atom is 0.161 e. The summed E-state index contributed by atoms with van der Waals surface area (Å²) < 4.78 is 14.6. The Morgan fingerprint density at radius 3 is 2.50 bits per heavy atom. The lowest BCUT2D eigenvalue weighted by Gasteiger charge is -2.21. The van der Waals surface area contributed by atoms with E-state index >= 15 is 0 Å². The number of anilines is 1. The Bertz CT molecular complexity index is 629. The standard InChI is InChI=1S/C15H15BrFN3/c1-20(9-10-5-3-2-4-6-10)12-8-7-11(15(18)19)13(16)14(12)17/h2-8H,9H2,1H3,(H3,18,19). The molecule has 0 aromatic heterocycles. The van der Waals surface area contributed by atoms with Gasteiger partial charge in [0.15, 0.2) is 5.82 Å². The summed E-state index contributed by atoms with van der Waals surface area (Å²) in [6.45, 7) is 0.601. The van der Waals surface area contributed by atoms with Crippen LogP contribution in [0.4, 0.5) is 10.1 Å². The number of benzene rings is 2. The van der Waals surface area contributed by atoms with Crippen molar-refractivity contribution in [2.24, 2.45) is 5.73 Å². The summed E-state index contributed by atoms with van der Waals surface area (Å²) in [6.07, 6.45) is 0. The largest absolute Gasteiger partial charge is 0.384 e. The second-order valence-corrected chi connectivity index (χ2v) is 5.31. The SMILES string of the molecule is CN(Cc1ccccc1)c1ccc(C(=N)N)c(Br)c1F. The second-order valence-electron chi connectivity index (χ2n) is 4.52. The van der Waals surface area contributed by atoms with Crippen LogP contribution in [-0.2, 0) is 6.54 Å². The van der Waals surface area contributed by atoms with Gasteiger partial charge in [-0.3, -0.25) is 5.41 Å². The molecule has 104 valence electrons. The number of nitrogen functional groups attached to an aromatic ring is 1. The third kappa shape index (κ3) is 2.99. The monoisotopic (exact) mass is 335 g/mol. The number of nitrogens with zero attached hydrogens (tertiary/aromatic N) is 1. The Morgan fingerprint density at radius 2 is 1.90 bits per heavy atom. The lowest BCUT2D eigenvalue weighted by Crippen LogP contribution is -2.19. The van der Waals surface area contributed by atoms with Crippen molar-refractivity contribution in [1.82, 2.24) is 0 Å². The van der Waals surface area contributed by atoms with Crippen molar-refractivity contribution in [3.8, 4) is 0 Å². The zero-order valence-corrected chi connectivity index (χ0v) is 12.6. The highest BCUT2D eigenvalue weighted by Crippen LogP contribution is 2.29. The molecule has 2 aromatic carbocycles. The molecule has 0 aliphatic carbocycles. The van der Waals surface area contributed by atoms with Gasteiger partial charge in [0, 0.05) is 19.2 Å². The first-order valence-corrected chi connectivity index (χ1v) is 6.87. The van der Waals surface area contributed by atoms with Crippen LogP contribution < -0.4 is 10.6 Å². The molecule has 0 saturated carbocycles. The third-order valence-electron chi connectivity index (χ3n) is 3.03. The average Bonchev–Trinajstić information content (AvgIpc) is 2.42. The molecule has 0 amide bonds. The summed E-state index contributed by atoms with van der Waals surface area (Å²) in [5.74, 6) is -0.566. The van der Waals surface area contributed by atoms with Crippen LogP contribution in [0.3, 0.4) is 0 Å². The Morgan fingerprint density at radius 1 is 1.25 bits per heavy atom. The molecule has 3 nitrogen and oxygen atoms in total. The van der Waals surface area contributed by atoms with E-state index in [4.69, 9.17) is 11.1 Å². The number of rotatable bonds is 4. The summed E-state index contributed by atoms with van der Waals surface area (Å²) >= 11 is 3.16. The molecule has 0 bridgehead atoms. The maximum absolute atomic E-state index is 14.3. The predicted octanol–water partition coefficient (Wildman–Crippen LogP) is 3.51. The molecule has 0 atom stereocenters. The normalized spacial score (nSPS) is 10.3. The van der Waals surface area contributed by atoms with Crippen LogP contribution in [-0.4, -0.2) is 12.9 Å². The molecule has 20 heavy (non-hydrogen) atoms. The first-order chi connectivity index (χ1) is 9.50. The first-order valence-electron chi connectivity index (χ1n) is 6.08. The molecule has 2 rings (SSSR count). The fraction of sp³-hybridized carbons (Fsp3) is 0.133. The van der Waals surface area contributed by atoms with Gasteiger partial charge in [0.05, 0.1) is 10.2 Å². The lowest BCUT2D eigenvalue weighted by molar-refractivity contribution is 0.615. The molecule has 5 heteroatoms. The molecule has 0 aliphatic rings. The van der Waals surface area contributed by atoms with Gasteiger partial charge in [0.25, 0.3) is 0 Å². The van der Waals surface area contributed by atoms with E-state index in [1.165, 1.54) is 0 Å². The van der Waals surface area contributed by atoms with E-state index in [1.54, 1.807) is 12.1 Å². The maximum atomic E-state index is 14.3. The predicted molar refractivity (Wildman–Crippen MR) is 83.7 cm³/mol. The van der Waals surface area contributed by atoms with E-state index in [2.05, 4.69) is 15.9 Å². The summed E-state index contributed by atoms with van der Waals surface area (Å²) in [4.78, 5) is 1.82. The minimum atomic E-state index is -0.406. The van der Waals surface area contributed by atoms with E-state index in [0.717, 1.165) is 5.56 Å². The number of halogens is 2. The zero-order valence-electron chi connectivity index (χ0n) is 11.0. The van der Waals surface area contributed by atoms with E-state index in [1.807, 2.05) is 42.3 Å². The van der Waals surface area contributed by atoms with Gasteiger partial charge in [-0.25, -0.2) is 4.39 Å². The Labute approximate surface area is 125 Å². The summed E-state index contributed by atoms with van der Waals surface area (Å²) in [5.41, 5.74) is 7.33. The van der Waals surface area contributed by atoms with Gasteiger partial charge in [-0.2, -0.15) is 0 Å². The molecule has 0 unspecified atom stereocenters. The number of amidine groups is 1. The highest BCUT2D eigenvalue weighted by Gasteiger charge is 2.15. The zero-order chi connectivity index (χ0) is 14.7. The van der Waals surface area contributed by atoms with Crippen LogP contribution in [0.1, 0.15) is 11.1 Å². The van der Waals surface area contributed by atoms with Gasteiger partial charge < -0.3 is 10.6 Å². The lowest BCUT2D eigenvalue weighted by atomic mass is 10.1. The van der Waals surface area contributed by atoms with Crippen LogP contribution in [0.5, 0.6) is 0 Å². The average molecular weight is 336 g/mol. The van der Waals surface area contributed by atoms with Gasteiger partial charge in [0.1, 0.15) is 5.84 Å². The quantitative estimate of drug-likeness (QED) is 0.663. The summed E-state index contributed by atoms with van der Waals surface area (Å²) in [5, 5.41) is 7.40. The molecule has 0 heterocycles. The highest BCUT2D eigenvalue weighted by atomic mass is 79.9. The molecular formula is C15H15BrFN3. The Hall–Kier alpha value is -1.88. The summed E-state index contributed by atoms with van der Waals surface area (Å²) in [6, 6.07) is 13.1. The van der Waals surface area contributed by atoms with Gasteiger partial charge in [-0.1, -0.05) is 30.3 Å². The first kappa shape index (κ1) is 14.5. The number of hydrogen-bond donors (Lipinski definition) is 2. The van der Waals surface area contributed by atoms with E-state index in [-0.39, 0.29) is 10.3 Å².